The van der Waals surface area contributed by atoms with E-state index >= 15 is 0 Å². The second kappa shape index (κ2) is 8.25. The number of morpholine rings is 1. The summed E-state index contributed by atoms with van der Waals surface area (Å²) in [7, 11) is 0. The highest BCUT2D eigenvalue weighted by molar-refractivity contribution is 9.10. The van der Waals surface area contributed by atoms with E-state index in [1.807, 2.05) is 12.1 Å². The summed E-state index contributed by atoms with van der Waals surface area (Å²) >= 11 is 3.47. The largest absolute Gasteiger partial charge is 0.459 e. The normalized spacial score (nSPS) is 18.6. The number of ether oxygens (including phenoxy) is 2. The molecule has 1 aromatic heterocycles. The molecule has 134 valence electrons. The highest BCUT2D eigenvalue weighted by Crippen LogP contribution is 2.24. The van der Waals surface area contributed by atoms with Crippen LogP contribution in [-0.4, -0.2) is 54.8 Å². The number of pyridine rings is 1. The van der Waals surface area contributed by atoms with Gasteiger partial charge in [-0.25, -0.2) is 4.79 Å². The van der Waals surface area contributed by atoms with E-state index in [0.717, 1.165) is 34.9 Å². The van der Waals surface area contributed by atoms with Crippen LogP contribution in [0.15, 0.2) is 35.1 Å². The van der Waals surface area contributed by atoms with Crippen molar-refractivity contribution in [1.82, 2.24) is 9.88 Å². The second-order valence-corrected chi connectivity index (χ2v) is 7.66. The number of carbonyl (C=O) groups excluding carboxylic acids is 1. The number of esters is 1. The van der Waals surface area contributed by atoms with E-state index in [1.54, 1.807) is 18.5 Å². The first-order chi connectivity index (χ1) is 12.0. The fourth-order valence-electron chi connectivity index (χ4n) is 3.07. The maximum absolute atomic E-state index is 12.4. The Morgan fingerprint density at radius 2 is 2.28 bits per heavy atom. The lowest BCUT2D eigenvalue weighted by Crippen LogP contribution is -2.45. The van der Waals surface area contributed by atoms with Gasteiger partial charge in [-0.2, -0.15) is 0 Å². The summed E-state index contributed by atoms with van der Waals surface area (Å²) in [4.78, 5) is 18.9. The fraction of sp³-hybridized carbons (Fsp3) is 0.474. The van der Waals surface area contributed by atoms with Gasteiger partial charge in [-0.1, -0.05) is 19.9 Å². The van der Waals surface area contributed by atoms with Gasteiger partial charge in [0.15, 0.2) is 0 Å². The minimum absolute atomic E-state index is 0.0622. The van der Waals surface area contributed by atoms with Crippen molar-refractivity contribution in [3.05, 3.63) is 40.6 Å². The maximum atomic E-state index is 12.4. The standard InChI is InChI=1S/C19H23BrN2O3/c1-13(2)10-22-5-6-24-16(11-22)12-25-19(23)14-3-4-15-8-21-9-18(20)17(15)7-14/h3-4,7-9,13,16H,5-6,10-12H2,1-2H3. The lowest BCUT2D eigenvalue weighted by Gasteiger charge is -2.33. The molecule has 0 radical (unpaired) electrons. The molecule has 6 heteroatoms. The lowest BCUT2D eigenvalue weighted by atomic mass is 10.1. The van der Waals surface area contributed by atoms with Crippen LogP contribution in [0.2, 0.25) is 0 Å². The highest BCUT2D eigenvalue weighted by Gasteiger charge is 2.22. The zero-order valence-corrected chi connectivity index (χ0v) is 16.2. The molecule has 1 aliphatic rings. The van der Waals surface area contributed by atoms with Crippen molar-refractivity contribution in [2.75, 3.05) is 32.8 Å². The van der Waals surface area contributed by atoms with Crippen molar-refractivity contribution >= 4 is 32.7 Å². The monoisotopic (exact) mass is 406 g/mol. The third kappa shape index (κ3) is 4.77. The Bertz CT molecular complexity index is 751. The zero-order chi connectivity index (χ0) is 17.8. The molecule has 1 saturated heterocycles. The molecule has 5 nitrogen and oxygen atoms in total. The average molecular weight is 407 g/mol. The summed E-state index contributed by atoms with van der Waals surface area (Å²) in [6.07, 6.45) is 3.43. The van der Waals surface area contributed by atoms with Gasteiger partial charge >= 0.3 is 5.97 Å². The van der Waals surface area contributed by atoms with Gasteiger partial charge in [0.1, 0.15) is 12.7 Å². The third-order valence-corrected chi connectivity index (χ3v) is 4.83. The van der Waals surface area contributed by atoms with Crippen LogP contribution < -0.4 is 0 Å². The molecule has 2 heterocycles. The molecular weight excluding hydrogens is 384 g/mol. The van der Waals surface area contributed by atoms with Crippen LogP contribution in [0.4, 0.5) is 0 Å². The molecule has 1 aliphatic heterocycles. The number of rotatable bonds is 5. The number of hydrogen-bond donors (Lipinski definition) is 0. The molecule has 0 spiro atoms. The van der Waals surface area contributed by atoms with Crippen molar-refractivity contribution in [2.24, 2.45) is 5.92 Å². The van der Waals surface area contributed by atoms with Gasteiger partial charge in [-0.05, 0) is 39.4 Å². The average Bonchev–Trinajstić information content (AvgIpc) is 2.59. The van der Waals surface area contributed by atoms with Gasteiger partial charge < -0.3 is 9.47 Å². The van der Waals surface area contributed by atoms with Crippen LogP contribution in [0.1, 0.15) is 24.2 Å². The topological polar surface area (TPSA) is 51.7 Å². The first-order valence-corrected chi connectivity index (χ1v) is 9.36. The number of halogens is 1. The molecule has 3 rings (SSSR count). The van der Waals surface area contributed by atoms with Crippen molar-refractivity contribution in [3.63, 3.8) is 0 Å². The minimum atomic E-state index is -0.324. The Morgan fingerprint density at radius 1 is 1.44 bits per heavy atom. The first-order valence-electron chi connectivity index (χ1n) is 8.57. The van der Waals surface area contributed by atoms with Gasteiger partial charge in [-0.15, -0.1) is 0 Å². The predicted octanol–water partition coefficient (Wildman–Crippen LogP) is 3.51. The number of carbonyl (C=O) groups is 1. The van der Waals surface area contributed by atoms with Gasteiger partial charge in [0, 0.05) is 41.9 Å². The van der Waals surface area contributed by atoms with Crippen molar-refractivity contribution in [1.29, 1.82) is 0 Å². The van der Waals surface area contributed by atoms with E-state index in [4.69, 9.17) is 9.47 Å². The van der Waals surface area contributed by atoms with E-state index < -0.39 is 0 Å². The number of benzene rings is 1. The Hall–Kier alpha value is -1.50. The van der Waals surface area contributed by atoms with E-state index in [-0.39, 0.29) is 18.7 Å². The molecule has 1 aromatic carbocycles. The van der Waals surface area contributed by atoms with Crippen LogP contribution in [0.5, 0.6) is 0 Å². The molecule has 0 N–H and O–H groups in total. The summed E-state index contributed by atoms with van der Waals surface area (Å²) < 4.78 is 12.1. The zero-order valence-electron chi connectivity index (χ0n) is 14.6. The molecular formula is C19H23BrN2O3. The SMILES string of the molecule is CC(C)CN1CCOC(COC(=O)c2ccc3cncc(Br)c3c2)C1. The van der Waals surface area contributed by atoms with Gasteiger partial charge in [0.05, 0.1) is 12.2 Å². The maximum Gasteiger partial charge on any atom is 0.338 e. The summed E-state index contributed by atoms with van der Waals surface area (Å²) in [6, 6.07) is 5.48. The van der Waals surface area contributed by atoms with Crippen LogP contribution >= 0.6 is 15.9 Å². The summed E-state index contributed by atoms with van der Waals surface area (Å²) in [6.45, 7) is 8.17. The van der Waals surface area contributed by atoms with Crippen LogP contribution in [-0.2, 0) is 9.47 Å². The predicted molar refractivity (Wildman–Crippen MR) is 101 cm³/mol. The number of nitrogens with zero attached hydrogens (tertiary/aromatic N) is 2. The Balaban J connectivity index is 1.60. The third-order valence-electron chi connectivity index (χ3n) is 4.19. The highest BCUT2D eigenvalue weighted by atomic mass is 79.9. The van der Waals surface area contributed by atoms with Crippen molar-refractivity contribution < 1.29 is 14.3 Å². The van der Waals surface area contributed by atoms with Crippen LogP contribution in [0, 0.1) is 5.92 Å². The van der Waals surface area contributed by atoms with Crippen molar-refractivity contribution in [2.45, 2.75) is 20.0 Å². The Labute approximate surface area is 156 Å². The minimum Gasteiger partial charge on any atom is -0.459 e. The molecule has 0 amide bonds. The van der Waals surface area contributed by atoms with E-state index in [1.165, 1.54) is 0 Å². The molecule has 25 heavy (non-hydrogen) atoms. The summed E-state index contributed by atoms with van der Waals surface area (Å²) in [5.41, 5.74) is 0.536. The Morgan fingerprint density at radius 3 is 3.08 bits per heavy atom. The van der Waals surface area contributed by atoms with Gasteiger partial charge in [0.25, 0.3) is 0 Å². The van der Waals surface area contributed by atoms with Crippen molar-refractivity contribution in [3.8, 4) is 0 Å². The second-order valence-electron chi connectivity index (χ2n) is 6.80. The number of fused-ring (bicyclic) bond motifs is 1. The molecule has 2 aromatic rings. The molecule has 1 fully saturated rings. The molecule has 0 saturated carbocycles. The smallest absolute Gasteiger partial charge is 0.338 e. The van der Waals surface area contributed by atoms with Gasteiger partial charge in [0.2, 0.25) is 0 Å². The number of aromatic nitrogens is 1. The molecule has 0 bridgehead atoms. The van der Waals surface area contributed by atoms with E-state index in [0.29, 0.717) is 18.1 Å². The van der Waals surface area contributed by atoms with Crippen LogP contribution in [0.25, 0.3) is 10.8 Å². The molecule has 1 unspecified atom stereocenters. The fourth-order valence-corrected chi connectivity index (χ4v) is 3.53. The van der Waals surface area contributed by atoms with E-state index in [9.17, 15) is 4.79 Å². The van der Waals surface area contributed by atoms with Crippen LogP contribution in [0.3, 0.4) is 0 Å². The van der Waals surface area contributed by atoms with E-state index in [2.05, 4.69) is 39.7 Å². The molecule has 1 atom stereocenters. The number of hydrogen-bond acceptors (Lipinski definition) is 5. The molecule has 0 aliphatic carbocycles. The lowest BCUT2D eigenvalue weighted by molar-refractivity contribution is -0.0612. The summed E-state index contributed by atoms with van der Waals surface area (Å²) in [5.74, 6) is 0.294. The van der Waals surface area contributed by atoms with Gasteiger partial charge in [-0.3, -0.25) is 9.88 Å². The summed E-state index contributed by atoms with van der Waals surface area (Å²) in [5, 5.41) is 1.92. The first kappa shape index (κ1) is 18.3. The quantitative estimate of drug-likeness (QED) is 0.711. The Kier molecular flexibility index (Phi) is 6.04.